The zero-order chi connectivity index (χ0) is 13.4. The average molecular weight is 253 g/mol. The highest BCUT2D eigenvalue weighted by Gasteiger charge is 2.09. The van der Waals surface area contributed by atoms with E-state index < -0.39 is 0 Å². The van der Waals surface area contributed by atoms with Crippen LogP contribution in [0.3, 0.4) is 0 Å². The van der Waals surface area contributed by atoms with Gasteiger partial charge < -0.3 is 10.1 Å². The highest BCUT2D eigenvalue weighted by molar-refractivity contribution is 5.79. The smallest absolute Gasteiger partial charge is 0.224 e. The summed E-state index contributed by atoms with van der Waals surface area (Å²) in [7, 11) is 1.51. The van der Waals surface area contributed by atoms with E-state index in [1.54, 1.807) is 0 Å². The average Bonchev–Trinajstić information content (AvgIpc) is 2.35. The van der Waals surface area contributed by atoms with E-state index in [1.165, 1.54) is 25.3 Å². The summed E-state index contributed by atoms with van der Waals surface area (Å²) in [6.45, 7) is 2.78. The van der Waals surface area contributed by atoms with Crippen molar-refractivity contribution in [2.75, 3.05) is 13.7 Å². The lowest BCUT2D eigenvalue weighted by Gasteiger charge is -2.09. The third kappa shape index (κ3) is 4.73. The zero-order valence-electron chi connectivity index (χ0n) is 11.0. The maximum atomic E-state index is 13.1. The summed E-state index contributed by atoms with van der Waals surface area (Å²) >= 11 is 0. The summed E-state index contributed by atoms with van der Waals surface area (Å²) in [5.74, 6) is 0.0831. The molecule has 0 fully saturated rings. The third-order valence-corrected chi connectivity index (χ3v) is 2.70. The lowest BCUT2D eigenvalue weighted by molar-refractivity contribution is -0.120. The molecule has 18 heavy (non-hydrogen) atoms. The molecule has 0 aromatic heterocycles. The first kappa shape index (κ1) is 14.5. The van der Waals surface area contributed by atoms with E-state index in [1.807, 2.05) is 0 Å². The van der Waals surface area contributed by atoms with Gasteiger partial charge in [0.1, 0.15) is 11.6 Å². The van der Waals surface area contributed by atoms with Crippen LogP contribution < -0.4 is 10.1 Å². The van der Waals surface area contributed by atoms with Gasteiger partial charge in [-0.15, -0.1) is 0 Å². The Morgan fingerprint density at radius 3 is 2.83 bits per heavy atom. The molecule has 1 aromatic rings. The first-order valence-corrected chi connectivity index (χ1v) is 6.26. The molecule has 0 saturated heterocycles. The summed E-state index contributed by atoms with van der Waals surface area (Å²) in [5, 5.41) is 2.82. The van der Waals surface area contributed by atoms with Gasteiger partial charge in [-0.1, -0.05) is 19.8 Å². The molecule has 3 nitrogen and oxygen atoms in total. The van der Waals surface area contributed by atoms with Crippen molar-refractivity contribution in [3.8, 4) is 5.75 Å². The second-order valence-electron chi connectivity index (χ2n) is 4.19. The number of benzene rings is 1. The molecule has 0 aliphatic heterocycles. The first-order chi connectivity index (χ1) is 8.67. The first-order valence-electron chi connectivity index (χ1n) is 6.26. The predicted molar refractivity (Wildman–Crippen MR) is 69.2 cm³/mol. The Morgan fingerprint density at radius 2 is 2.17 bits per heavy atom. The number of methoxy groups -OCH3 is 1. The van der Waals surface area contributed by atoms with Crippen molar-refractivity contribution < 1.29 is 13.9 Å². The number of hydrogen-bond donors (Lipinski definition) is 1. The number of amides is 1. The van der Waals surface area contributed by atoms with Crippen LogP contribution in [0, 0.1) is 5.82 Å². The van der Waals surface area contributed by atoms with Crippen molar-refractivity contribution in [1.29, 1.82) is 0 Å². The van der Waals surface area contributed by atoms with Crippen molar-refractivity contribution in [3.05, 3.63) is 29.6 Å². The molecule has 1 amide bonds. The van der Waals surface area contributed by atoms with E-state index in [0.717, 1.165) is 19.3 Å². The molecular formula is C14H20FNO2. The fraction of sp³-hybridized carbons (Fsp3) is 0.500. The standard InChI is InChI=1S/C14H20FNO2/c1-3-4-5-8-16-14(17)10-11-9-12(15)6-7-13(11)18-2/h6-7,9H,3-5,8,10H2,1-2H3,(H,16,17). The molecule has 0 bridgehead atoms. The Hall–Kier alpha value is -1.58. The highest BCUT2D eigenvalue weighted by Crippen LogP contribution is 2.19. The van der Waals surface area contributed by atoms with Crippen LogP contribution in [0.2, 0.25) is 0 Å². The Kier molecular flexibility index (Phi) is 6.19. The quantitative estimate of drug-likeness (QED) is 0.759. The van der Waals surface area contributed by atoms with Crippen LogP contribution in [0.4, 0.5) is 4.39 Å². The number of carbonyl (C=O) groups excluding carboxylic acids is 1. The van der Waals surface area contributed by atoms with Crippen LogP contribution in [0.15, 0.2) is 18.2 Å². The molecule has 0 unspecified atom stereocenters. The second kappa shape index (κ2) is 7.69. The van der Waals surface area contributed by atoms with Gasteiger partial charge in [-0.05, 0) is 24.6 Å². The van der Waals surface area contributed by atoms with Gasteiger partial charge in [0.25, 0.3) is 0 Å². The maximum Gasteiger partial charge on any atom is 0.224 e. The molecule has 1 N–H and O–H groups in total. The monoisotopic (exact) mass is 253 g/mol. The number of unbranched alkanes of at least 4 members (excludes halogenated alkanes) is 2. The summed E-state index contributed by atoms with van der Waals surface area (Å²) < 4.78 is 18.2. The number of nitrogens with one attached hydrogen (secondary N) is 1. The second-order valence-corrected chi connectivity index (χ2v) is 4.19. The zero-order valence-corrected chi connectivity index (χ0v) is 11.0. The Morgan fingerprint density at radius 1 is 1.39 bits per heavy atom. The van der Waals surface area contributed by atoms with Crippen LogP contribution in [0.1, 0.15) is 31.7 Å². The van der Waals surface area contributed by atoms with Crippen LogP contribution in [-0.4, -0.2) is 19.6 Å². The van der Waals surface area contributed by atoms with E-state index in [4.69, 9.17) is 4.74 Å². The predicted octanol–water partition coefficient (Wildman–Crippen LogP) is 2.68. The molecule has 0 aliphatic carbocycles. The number of rotatable bonds is 7. The van der Waals surface area contributed by atoms with E-state index in [9.17, 15) is 9.18 Å². The van der Waals surface area contributed by atoms with E-state index >= 15 is 0 Å². The fourth-order valence-electron chi connectivity index (χ4n) is 1.72. The number of halogens is 1. The lowest BCUT2D eigenvalue weighted by atomic mass is 10.1. The van der Waals surface area contributed by atoms with Crippen LogP contribution in [0.25, 0.3) is 0 Å². The Labute approximate surface area is 107 Å². The van der Waals surface area contributed by atoms with Gasteiger partial charge in [0.2, 0.25) is 5.91 Å². The molecule has 0 saturated carbocycles. The molecule has 1 rings (SSSR count). The van der Waals surface area contributed by atoms with Crippen LogP contribution in [-0.2, 0) is 11.2 Å². The molecule has 0 spiro atoms. The molecular weight excluding hydrogens is 233 g/mol. The molecule has 1 aromatic carbocycles. The van der Waals surface area contributed by atoms with Crippen molar-refractivity contribution in [2.45, 2.75) is 32.6 Å². The lowest BCUT2D eigenvalue weighted by Crippen LogP contribution is -2.26. The van der Waals surface area contributed by atoms with Gasteiger partial charge in [-0.25, -0.2) is 4.39 Å². The van der Waals surface area contributed by atoms with Crippen LogP contribution in [0.5, 0.6) is 5.75 Å². The topological polar surface area (TPSA) is 38.3 Å². The van der Waals surface area contributed by atoms with E-state index in [-0.39, 0.29) is 18.1 Å². The Balaban J connectivity index is 2.50. The minimum absolute atomic E-state index is 0.102. The van der Waals surface area contributed by atoms with Crippen molar-refractivity contribution >= 4 is 5.91 Å². The highest BCUT2D eigenvalue weighted by atomic mass is 19.1. The molecule has 0 atom stereocenters. The minimum Gasteiger partial charge on any atom is -0.496 e. The summed E-state index contributed by atoms with van der Waals surface area (Å²) in [4.78, 5) is 11.7. The van der Waals surface area contributed by atoms with Gasteiger partial charge >= 0.3 is 0 Å². The Bertz CT molecular complexity index is 393. The molecule has 0 aliphatic rings. The van der Waals surface area contributed by atoms with Crippen molar-refractivity contribution in [1.82, 2.24) is 5.32 Å². The van der Waals surface area contributed by atoms with Crippen LogP contribution >= 0.6 is 0 Å². The SMILES string of the molecule is CCCCCNC(=O)Cc1cc(F)ccc1OC. The molecule has 100 valence electrons. The minimum atomic E-state index is -0.357. The third-order valence-electron chi connectivity index (χ3n) is 2.70. The normalized spacial score (nSPS) is 10.2. The van der Waals surface area contributed by atoms with E-state index in [0.29, 0.717) is 17.9 Å². The maximum absolute atomic E-state index is 13.1. The number of ether oxygens (including phenoxy) is 1. The van der Waals surface area contributed by atoms with Crippen molar-refractivity contribution in [2.24, 2.45) is 0 Å². The summed E-state index contributed by atoms with van der Waals surface area (Å²) in [6, 6.07) is 4.20. The van der Waals surface area contributed by atoms with Gasteiger partial charge in [0, 0.05) is 12.1 Å². The summed E-state index contributed by atoms with van der Waals surface area (Å²) in [5.41, 5.74) is 0.575. The van der Waals surface area contributed by atoms with Gasteiger partial charge in [-0.3, -0.25) is 4.79 Å². The number of carbonyl (C=O) groups is 1. The summed E-state index contributed by atoms with van der Waals surface area (Å²) in [6.07, 6.45) is 3.34. The van der Waals surface area contributed by atoms with Gasteiger partial charge in [0.15, 0.2) is 0 Å². The fourth-order valence-corrected chi connectivity index (χ4v) is 1.72. The molecule has 0 heterocycles. The van der Waals surface area contributed by atoms with Gasteiger partial charge in [-0.2, -0.15) is 0 Å². The van der Waals surface area contributed by atoms with E-state index in [2.05, 4.69) is 12.2 Å². The van der Waals surface area contributed by atoms with Crippen molar-refractivity contribution in [3.63, 3.8) is 0 Å². The molecule has 0 radical (unpaired) electrons. The largest absolute Gasteiger partial charge is 0.496 e. The number of hydrogen-bond acceptors (Lipinski definition) is 2. The molecule has 4 heteroatoms. The van der Waals surface area contributed by atoms with Gasteiger partial charge in [0.05, 0.1) is 13.5 Å².